The first kappa shape index (κ1) is 24.3. The molecule has 0 saturated heterocycles. The van der Waals surface area contributed by atoms with E-state index in [1.807, 2.05) is 129 Å². The second-order valence-electron chi connectivity index (χ2n) is 9.96. The number of benzene rings is 5. The Kier molecular flexibility index (Phi) is 5.76. The second kappa shape index (κ2) is 9.48. The zero-order valence-corrected chi connectivity index (χ0v) is 22.9. The molecular weight excluding hydrogens is 515 g/mol. The van der Waals surface area contributed by atoms with Crippen molar-refractivity contribution in [3.8, 4) is 22.9 Å². The lowest BCUT2D eigenvalue weighted by Crippen LogP contribution is -2.27. The maximum Gasteiger partial charge on any atom is 0.228 e. The van der Waals surface area contributed by atoms with E-state index in [0.717, 1.165) is 22.2 Å². The van der Waals surface area contributed by atoms with E-state index >= 15 is 4.57 Å². The predicted molar refractivity (Wildman–Crippen MR) is 161 cm³/mol. The summed E-state index contributed by atoms with van der Waals surface area (Å²) in [6.45, 7) is 4.05. The molecule has 194 valence electrons. The van der Waals surface area contributed by atoms with E-state index in [2.05, 4.69) is 0 Å². The van der Waals surface area contributed by atoms with Crippen molar-refractivity contribution >= 4 is 45.3 Å². The highest BCUT2D eigenvalue weighted by Gasteiger charge is 2.36. The van der Waals surface area contributed by atoms with Gasteiger partial charge in [-0.1, -0.05) is 78.9 Å². The molecule has 0 bridgehead atoms. The molecule has 0 N–H and O–H groups in total. The molecule has 5 nitrogen and oxygen atoms in total. The van der Waals surface area contributed by atoms with E-state index in [0.29, 0.717) is 50.0 Å². The van der Waals surface area contributed by atoms with Crippen LogP contribution in [0.2, 0.25) is 0 Å². The fourth-order valence-electron chi connectivity index (χ4n) is 5.21. The zero-order chi connectivity index (χ0) is 27.3. The standard InChI is InChI=1S/C34H25N2O3P/c1-22-16-18-29-27(20-22)35-33(38-29)25-12-6-8-14-31(25)40(37,24-10-4-3-5-11-24)32-15-9-7-13-26(32)34-36-28-21-23(2)17-19-30(28)39-34/h3-21H,1-2H3. The minimum Gasteiger partial charge on any atom is -0.436 e. The maximum absolute atomic E-state index is 15.8. The number of nitrogens with zero attached hydrogens (tertiary/aromatic N) is 2. The van der Waals surface area contributed by atoms with Crippen molar-refractivity contribution < 1.29 is 13.4 Å². The van der Waals surface area contributed by atoms with Gasteiger partial charge in [-0.25, -0.2) is 9.97 Å². The van der Waals surface area contributed by atoms with Crippen LogP contribution in [0.1, 0.15) is 11.1 Å². The van der Waals surface area contributed by atoms with Crippen LogP contribution < -0.4 is 15.9 Å². The largest absolute Gasteiger partial charge is 0.436 e. The minimum atomic E-state index is -3.49. The molecule has 40 heavy (non-hydrogen) atoms. The van der Waals surface area contributed by atoms with Crippen molar-refractivity contribution in [1.82, 2.24) is 9.97 Å². The molecule has 0 radical (unpaired) electrons. The van der Waals surface area contributed by atoms with Crippen LogP contribution >= 0.6 is 7.14 Å². The van der Waals surface area contributed by atoms with Gasteiger partial charge >= 0.3 is 0 Å². The third-order valence-electron chi connectivity index (χ3n) is 7.15. The Bertz CT molecular complexity index is 1950. The topological polar surface area (TPSA) is 69.1 Å². The van der Waals surface area contributed by atoms with Gasteiger partial charge in [0.15, 0.2) is 18.3 Å². The molecule has 0 amide bonds. The summed E-state index contributed by atoms with van der Waals surface area (Å²) < 4.78 is 28.2. The maximum atomic E-state index is 15.8. The fourth-order valence-corrected chi connectivity index (χ4v) is 8.23. The molecule has 0 aliphatic heterocycles. The third-order valence-corrected chi connectivity index (χ3v) is 10.3. The number of fused-ring (bicyclic) bond motifs is 2. The SMILES string of the molecule is Cc1ccc2oc(-c3ccccc3P(=O)(c3ccccc3)c3ccccc3-c3nc4cc(C)ccc4o3)nc2c1. The van der Waals surface area contributed by atoms with Gasteiger partial charge in [0, 0.05) is 27.0 Å². The van der Waals surface area contributed by atoms with Gasteiger partial charge in [-0.05, 0) is 61.4 Å². The number of oxazole rings is 2. The van der Waals surface area contributed by atoms with Crippen molar-refractivity contribution in [1.29, 1.82) is 0 Å². The summed E-state index contributed by atoms with van der Waals surface area (Å²) in [5, 5.41) is 1.99. The van der Waals surface area contributed by atoms with E-state index in [9.17, 15) is 0 Å². The Morgan fingerprint density at radius 2 is 1.00 bits per heavy atom. The van der Waals surface area contributed by atoms with Crippen molar-refractivity contribution in [2.24, 2.45) is 0 Å². The number of rotatable bonds is 5. The average Bonchev–Trinajstić information content (AvgIpc) is 3.61. The highest BCUT2D eigenvalue weighted by molar-refractivity contribution is 7.85. The van der Waals surface area contributed by atoms with Gasteiger partial charge in [-0.15, -0.1) is 0 Å². The first-order valence-corrected chi connectivity index (χ1v) is 14.8. The highest BCUT2D eigenvalue weighted by Crippen LogP contribution is 2.47. The summed E-state index contributed by atoms with van der Waals surface area (Å²) in [5.74, 6) is 0.865. The Labute approximate surface area is 231 Å². The lowest BCUT2D eigenvalue weighted by Gasteiger charge is -2.23. The lowest BCUT2D eigenvalue weighted by atomic mass is 10.2. The number of aryl methyl sites for hydroxylation is 2. The summed E-state index contributed by atoms with van der Waals surface area (Å²) >= 11 is 0. The van der Waals surface area contributed by atoms with Crippen molar-refractivity contribution in [2.45, 2.75) is 13.8 Å². The number of aromatic nitrogens is 2. The number of hydrogen-bond donors (Lipinski definition) is 0. The molecule has 5 aromatic carbocycles. The number of hydrogen-bond acceptors (Lipinski definition) is 5. The highest BCUT2D eigenvalue weighted by atomic mass is 31.2. The van der Waals surface area contributed by atoms with E-state index < -0.39 is 7.14 Å². The molecule has 2 heterocycles. The normalized spacial score (nSPS) is 11.8. The Morgan fingerprint density at radius 3 is 1.50 bits per heavy atom. The van der Waals surface area contributed by atoms with E-state index in [1.54, 1.807) is 0 Å². The molecular formula is C34H25N2O3P. The van der Waals surface area contributed by atoms with Crippen LogP contribution in [0.5, 0.6) is 0 Å². The van der Waals surface area contributed by atoms with Gasteiger partial charge in [0.2, 0.25) is 11.8 Å². The average molecular weight is 541 g/mol. The van der Waals surface area contributed by atoms with Crippen molar-refractivity contribution in [2.75, 3.05) is 0 Å². The molecule has 0 fully saturated rings. The van der Waals surface area contributed by atoms with Crippen LogP contribution in [0.15, 0.2) is 124 Å². The first-order chi connectivity index (χ1) is 19.5. The predicted octanol–water partition coefficient (Wildman–Crippen LogP) is 7.56. The molecule has 0 aliphatic rings. The zero-order valence-electron chi connectivity index (χ0n) is 22.0. The molecule has 0 atom stereocenters. The lowest BCUT2D eigenvalue weighted by molar-refractivity contribution is 0.591. The quantitative estimate of drug-likeness (QED) is 0.211. The summed E-state index contributed by atoms with van der Waals surface area (Å²) in [5.41, 5.74) is 6.47. The molecule has 7 aromatic rings. The van der Waals surface area contributed by atoms with Gasteiger partial charge in [-0.2, -0.15) is 0 Å². The van der Waals surface area contributed by atoms with E-state index in [4.69, 9.17) is 18.8 Å². The minimum absolute atomic E-state index is 0.433. The van der Waals surface area contributed by atoms with Crippen LogP contribution in [-0.4, -0.2) is 9.97 Å². The fraction of sp³-hybridized carbons (Fsp3) is 0.0588. The Balaban J connectivity index is 1.50. The van der Waals surface area contributed by atoms with Crippen molar-refractivity contribution in [3.63, 3.8) is 0 Å². The molecule has 7 rings (SSSR count). The third kappa shape index (κ3) is 3.98. The molecule has 0 aliphatic carbocycles. The first-order valence-electron chi connectivity index (χ1n) is 13.1. The molecule has 0 saturated carbocycles. The summed E-state index contributed by atoms with van der Waals surface area (Å²) in [6.07, 6.45) is 0. The van der Waals surface area contributed by atoms with Gasteiger partial charge in [-0.3, -0.25) is 0 Å². The Morgan fingerprint density at radius 1 is 0.550 bits per heavy atom. The van der Waals surface area contributed by atoms with Crippen LogP contribution in [0, 0.1) is 13.8 Å². The van der Waals surface area contributed by atoms with Crippen LogP contribution in [-0.2, 0) is 4.57 Å². The molecule has 0 unspecified atom stereocenters. The summed E-state index contributed by atoms with van der Waals surface area (Å²) in [6, 6.07) is 36.7. The van der Waals surface area contributed by atoms with Crippen LogP contribution in [0.4, 0.5) is 0 Å². The van der Waals surface area contributed by atoms with Gasteiger partial charge < -0.3 is 13.4 Å². The smallest absolute Gasteiger partial charge is 0.228 e. The summed E-state index contributed by atoms with van der Waals surface area (Å²) in [7, 11) is -3.49. The van der Waals surface area contributed by atoms with Crippen LogP contribution in [0.25, 0.3) is 45.1 Å². The van der Waals surface area contributed by atoms with Crippen molar-refractivity contribution in [3.05, 3.63) is 126 Å². The van der Waals surface area contributed by atoms with Gasteiger partial charge in [0.25, 0.3) is 0 Å². The van der Waals surface area contributed by atoms with Crippen LogP contribution in [0.3, 0.4) is 0 Å². The van der Waals surface area contributed by atoms with E-state index in [1.165, 1.54) is 0 Å². The van der Waals surface area contributed by atoms with E-state index in [-0.39, 0.29) is 0 Å². The molecule has 6 heteroatoms. The molecule has 0 spiro atoms. The Hall–Kier alpha value is -4.73. The summed E-state index contributed by atoms with van der Waals surface area (Å²) in [4.78, 5) is 9.61. The monoisotopic (exact) mass is 540 g/mol. The van der Waals surface area contributed by atoms with Gasteiger partial charge in [0.05, 0.1) is 0 Å². The molecule has 2 aromatic heterocycles. The second-order valence-corrected chi connectivity index (χ2v) is 12.7. The van der Waals surface area contributed by atoms with Gasteiger partial charge in [0.1, 0.15) is 11.0 Å².